The van der Waals surface area contributed by atoms with Crippen LogP contribution in [0.3, 0.4) is 0 Å². The van der Waals surface area contributed by atoms with E-state index in [4.69, 9.17) is 14.2 Å². The van der Waals surface area contributed by atoms with Gasteiger partial charge in [-0.15, -0.1) is 0 Å². The van der Waals surface area contributed by atoms with Gasteiger partial charge in [0.2, 0.25) is 0 Å². The minimum atomic E-state index is -0.779. The fraction of sp³-hybridized carbons (Fsp3) is 0.814. The number of esters is 3. The van der Waals surface area contributed by atoms with Crippen molar-refractivity contribution in [3.05, 3.63) is 60.8 Å². The molecule has 0 rings (SSSR count). The van der Waals surface area contributed by atoms with Crippen molar-refractivity contribution in [3.63, 3.8) is 0 Å². The standard InChI is InChI=1S/C70H126O6/c1-4-7-10-13-16-19-22-25-27-29-30-31-32-33-34-35-36-37-38-39-40-42-43-45-48-51-54-57-60-63-69(72)75-66-67(65-74-68(71)62-59-56-53-50-47-24-21-18-15-12-9-6-3)76-70(73)64-61-58-55-52-49-46-44-41-28-26-23-20-17-14-11-8-5-2/h18,21-22,25-26,28-30,32-33,67H,4-17,19-20,23-24,27,31,34-66H2,1-3H3/b21-18-,25-22-,28-26-,30-29-,33-32-. The Bertz CT molecular complexity index is 1360. The van der Waals surface area contributed by atoms with Gasteiger partial charge < -0.3 is 14.2 Å². The maximum absolute atomic E-state index is 12.9. The van der Waals surface area contributed by atoms with Crippen molar-refractivity contribution in [1.29, 1.82) is 0 Å². The minimum absolute atomic E-state index is 0.0764. The van der Waals surface area contributed by atoms with Crippen molar-refractivity contribution in [3.8, 4) is 0 Å². The first-order valence-electron chi connectivity index (χ1n) is 33.3. The molecule has 0 spiro atoms. The molecular weight excluding hydrogens is 937 g/mol. The predicted octanol–water partition coefficient (Wildman–Crippen LogP) is 22.7. The third-order valence-electron chi connectivity index (χ3n) is 14.7. The molecule has 0 saturated carbocycles. The Balaban J connectivity index is 4.21. The van der Waals surface area contributed by atoms with Crippen LogP contribution in [0.5, 0.6) is 0 Å². The Morgan fingerprint density at radius 1 is 0.263 bits per heavy atom. The first kappa shape index (κ1) is 73.1. The lowest BCUT2D eigenvalue weighted by atomic mass is 10.0. The molecule has 442 valence electrons. The molecule has 1 unspecified atom stereocenters. The number of carbonyl (C=O) groups excluding carboxylic acids is 3. The quantitative estimate of drug-likeness (QED) is 0.0261. The molecule has 0 fully saturated rings. The van der Waals surface area contributed by atoms with Crippen LogP contribution in [0.25, 0.3) is 0 Å². The van der Waals surface area contributed by atoms with Gasteiger partial charge in [-0.1, -0.05) is 281 Å². The van der Waals surface area contributed by atoms with Gasteiger partial charge in [0.1, 0.15) is 13.2 Å². The van der Waals surface area contributed by atoms with E-state index >= 15 is 0 Å². The Labute approximate surface area is 472 Å². The van der Waals surface area contributed by atoms with Gasteiger partial charge in [0, 0.05) is 19.3 Å². The number of unbranched alkanes of at least 4 members (excludes halogenated alkanes) is 40. The summed E-state index contributed by atoms with van der Waals surface area (Å²) in [5.41, 5.74) is 0. The lowest BCUT2D eigenvalue weighted by Gasteiger charge is -2.18. The smallest absolute Gasteiger partial charge is 0.306 e. The molecule has 0 N–H and O–H groups in total. The maximum atomic E-state index is 12.9. The van der Waals surface area contributed by atoms with Crippen LogP contribution < -0.4 is 0 Å². The van der Waals surface area contributed by atoms with E-state index in [1.807, 2.05) is 0 Å². The number of hydrogen-bond acceptors (Lipinski definition) is 6. The first-order valence-corrected chi connectivity index (χ1v) is 33.3. The number of carbonyl (C=O) groups is 3. The molecule has 76 heavy (non-hydrogen) atoms. The number of hydrogen-bond donors (Lipinski definition) is 0. The Morgan fingerprint density at radius 2 is 0.474 bits per heavy atom. The van der Waals surface area contributed by atoms with Gasteiger partial charge >= 0.3 is 17.9 Å². The SMILES string of the molecule is CCCCC/C=C\CCCCCCCC(=O)OCC(COC(=O)CCCCCCCCCCCCCCCC/C=C\C/C=C\C/C=C\CCCCCCC)OC(=O)CCCCCCCCC/C=C\CCCCCCCC. The maximum Gasteiger partial charge on any atom is 0.306 e. The lowest BCUT2D eigenvalue weighted by molar-refractivity contribution is -0.167. The monoisotopic (exact) mass is 1060 g/mol. The van der Waals surface area contributed by atoms with Crippen LogP contribution in [0.4, 0.5) is 0 Å². The molecule has 0 aromatic heterocycles. The number of rotatable bonds is 61. The van der Waals surface area contributed by atoms with Gasteiger partial charge in [-0.3, -0.25) is 14.4 Å². The first-order chi connectivity index (χ1) is 37.5. The van der Waals surface area contributed by atoms with E-state index in [1.54, 1.807) is 0 Å². The molecule has 0 aromatic carbocycles. The molecule has 0 heterocycles. The predicted molar refractivity (Wildman–Crippen MR) is 330 cm³/mol. The van der Waals surface area contributed by atoms with Gasteiger partial charge in [-0.05, 0) is 109 Å². The zero-order valence-electron chi connectivity index (χ0n) is 50.8. The Hall–Kier alpha value is -2.89. The third-order valence-corrected chi connectivity index (χ3v) is 14.7. The van der Waals surface area contributed by atoms with Crippen LogP contribution in [0.2, 0.25) is 0 Å². The van der Waals surface area contributed by atoms with Crippen LogP contribution in [-0.4, -0.2) is 37.2 Å². The minimum Gasteiger partial charge on any atom is -0.462 e. The van der Waals surface area contributed by atoms with Crippen molar-refractivity contribution in [2.75, 3.05) is 13.2 Å². The van der Waals surface area contributed by atoms with E-state index in [0.717, 1.165) is 77.0 Å². The highest BCUT2D eigenvalue weighted by molar-refractivity contribution is 5.71. The summed E-state index contributed by atoms with van der Waals surface area (Å²) in [6, 6.07) is 0. The topological polar surface area (TPSA) is 78.9 Å². The highest BCUT2D eigenvalue weighted by Gasteiger charge is 2.19. The van der Waals surface area contributed by atoms with Crippen LogP contribution in [0.15, 0.2) is 60.8 Å². The fourth-order valence-corrected chi connectivity index (χ4v) is 9.68. The summed E-state index contributed by atoms with van der Waals surface area (Å²) in [4.78, 5) is 38.3. The molecular formula is C70H126O6. The molecule has 6 nitrogen and oxygen atoms in total. The summed E-state index contributed by atoms with van der Waals surface area (Å²) in [6.07, 6.45) is 82.4. The second-order valence-electron chi connectivity index (χ2n) is 22.4. The summed E-state index contributed by atoms with van der Waals surface area (Å²) >= 11 is 0. The summed E-state index contributed by atoms with van der Waals surface area (Å²) in [5, 5.41) is 0. The summed E-state index contributed by atoms with van der Waals surface area (Å²) < 4.78 is 16.9. The Morgan fingerprint density at radius 3 is 0.776 bits per heavy atom. The zero-order valence-corrected chi connectivity index (χ0v) is 50.8. The van der Waals surface area contributed by atoms with E-state index in [0.29, 0.717) is 19.3 Å². The normalized spacial score (nSPS) is 12.4. The lowest BCUT2D eigenvalue weighted by Crippen LogP contribution is -2.30. The number of ether oxygens (including phenoxy) is 3. The molecule has 6 heteroatoms. The van der Waals surface area contributed by atoms with Crippen LogP contribution in [0.1, 0.15) is 348 Å². The van der Waals surface area contributed by atoms with Gasteiger partial charge in [-0.2, -0.15) is 0 Å². The Kier molecular flexibility index (Phi) is 62.2. The van der Waals surface area contributed by atoms with Crippen LogP contribution in [0, 0.1) is 0 Å². The van der Waals surface area contributed by atoms with Crippen molar-refractivity contribution in [2.24, 2.45) is 0 Å². The molecule has 0 aliphatic rings. The van der Waals surface area contributed by atoms with Crippen molar-refractivity contribution in [2.45, 2.75) is 354 Å². The van der Waals surface area contributed by atoms with Crippen molar-refractivity contribution >= 4 is 17.9 Å². The van der Waals surface area contributed by atoms with E-state index < -0.39 is 6.10 Å². The largest absolute Gasteiger partial charge is 0.462 e. The summed E-state index contributed by atoms with van der Waals surface area (Å²) in [7, 11) is 0. The highest BCUT2D eigenvalue weighted by Crippen LogP contribution is 2.17. The molecule has 1 atom stereocenters. The molecule has 0 saturated heterocycles. The third kappa shape index (κ3) is 62.0. The summed E-state index contributed by atoms with van der Waals surface area (Å²) in [5.74, 6) is -0.874. The van der Waals surface area contributed by atoms with Crippen molar-refractivity contribution in [1.82, 2.24) is 0 Å². The molecule has 0 aromatic rings. The number of allylic oxidation sites excluding steroid dienone is 10. The van der Waals surface area contributed by atoms with Gasteiger partial charge in [0.25, 0.3) is 0 Å². The zero-order chi connectivity index (χ0) is 55.0. The molecule has 0 radical (unpaired) electrons. The van der Waals surface area contributed by atoms with E-state index in [-0.39, 0.29) is 31.1 Å². The van der Waals surface area contributed by atoms with Gasteiger partial charge in [0.05, 0.1) is 0 Å². The molecule has 0 bridgehead atoms. The molecule has 0 aliphatic carbocycles. The van der Waals surface area contributed by atoms with E-state index in [9.17, 15) is 14.4 Å². The van der Waals surface area contributed by atoms with E-state index in [1.165, 1.54) is 231 Å². The second-order valence-corrected chi connectivity index (χ2v) is 22.4. The summed E-state index contributed by atoms with van der Waals surface area (Å²) in [6.45, 7) is 6.63. The van der Waals surface area contributed by atoms with E-state index in [2.05, 4.69) is 81.5 Å². The molecule has 0 amide bonds. The average molecular weight is 1060 g/mol. The highest BCUT2D eigenvalue weighted by atomic mass is 16.6. The molecule has 0 aliphatic heterocycles. The van der Waals surface area contributed by atoms with Crippen LogP contribution in [-0.2, 0) is 28.6 Å². The van der Waals surface area contributed by atoms with Gasteiger partial charge in [0.15, 0.2) is 6.10 Å². The van der Waals surface area contributed by atoms with Crippen molar-refractivity contribution < 1.29 is 28.6 Å². The second kappa shape index (κ2) is 64.6. The van der Waals surface area contributed by atoms with Gasteiger partial charge in [-0.25, -0.2) is 0 Å². The van der Waals surface area contributed by atoms with Crippen LogP contribution >= 0.6 is 0 Å². The average Bonchev–Trinajstić information content (AvgIpc) is 3.42. The fourth-order valence-electron chi connectivity index (χ4n) is 9.68.